The summed E-state index contributed by atoms with van der Waals surface area (Å²) in [6, 6.07) is 10.3. The molecule has 0 saturated carbocycles. The van der Waals surface area contributed by atoms with Gasteiger partial charge in [0.2, 0.25) is 11.8 Å². The summed E-state index contributed by atoms with van der Waals surface area (Å²) in [5, 5.41) is 13.4. The molecule has 0 atom stereocenters. The normalized spacial score (nSPS) is 10.9. The van der Waals surface area contributed by atoms with Crippen molar-refractivity contribution >= 4 is 23.2 Å². The van der Waals surface area contributed by atoms with E-state index in [0.717, 1.165) is 17.0 Å². The van der Waals surface area contributed by atoms with E-state index in [1.54, 1.807) is 6.07 Å². The highest BCUT2D eigenvalue weighted by Gasteiger charge is 2.31. The lowest BCUT2D eigenvalue weighted by atomic mass is 10.1. The first kappa shape index (κ1) is 21.7. The van der Waals surface area contributed by atoms with Gasteiger partial charge in [-0.3, -0.25) is 19.7 Å². The van der Waals surface area contributed by atoms with Crippen LogP contribution in [0.3, 0.4) is 0 Å². The smallest absolute Gasteiger partial charge is 0.406 e. The standard InChI is InChI=1S/C18H16F3N3O5/c1-23(17(26)10-12-4-2-3-5-15(12)24(27)28)11-16(25)22-13-6-8-14(9-7-13)29-18(19,20)21/h2-9H,10-11H2,1H3,(H,22,25). The van der Waals surface area contributed by atoms with Gasteiger partial charge in [0.05, 0.1) is 17.9 Å². The van der Waals surface area contributed by atoms with Crippen molar-refractivity contribution in [3.8, 4) is 5.75 Å². The first-order valence-corrected chi connectivity index (χ1v) is 8.17. The zero-order valence-corrected chi connectivity index (χ0v) is 15.1. The van der Waals surface area contributed by atoms with Crippen LogP contribution in [-0.4, -0.2) is 41.6 Å². The number of carbonyl (C=O) groups is 2. The number of hydrogen-bond donors (Lipinski definition) is 1. The van der Waals surface area contributed by atoms with Gasteiger partial charge in [-0.2, -0.15) is 0 Å². The first-order chi connectivity index (χ1) is 13.5. The number of rotatable bonds is 7. The van der Waals surface area contributed by atoms with Crippen LogP contribution < -0.4 is 10.1 Å². The largest absolute Gasteiger partial charge is 0.573 e. The Bertz CT molecular complexity index is 900. The van der Waals surface area contributed by atoms with Gasteiger partial charge in [0.1, 0.15) is 5.75 Å². The van der Waals surface area contributed by atoms with Crippen molar-refractivity contribution in [2.45, 2.75) is 12.8 Å². The molecule has 0 bridgehead atoms. The van der Waals surface area contributed by atoms with E-state index in [-0.39, 0.29) is 29.9 Å². The van der Waals surface area contributed by atoms with Crippen LogP contribution in [0.5, 0.6) is 5.75 Å². The molecule has 2 aromatic rings. The third-order valence-corrected chi connectivity index (χ3v) is 3.71. The minimum absolute atomic E-state index is 0.195. The van der Waals surface area contributed by atoms with E-state index in [1.807, 2.05) is 0 Å². The van der Waals surface area contributed by atoms with Gasteiger partial charge in [0.25, 0.3) is 5.69 Å². The Labute approximate surface area is 163 Å². The zero-order chi connectivity index (χ0) is 21.6. The minimum atomic E-state index is -4.82. The second-order valence-corrected chi connectivity index (χ2v) is 5.93. The summed E-state index contributed by atoms with van der Waals surface area (Å²) >= 11 is 0. The molecule has 0 aromatic heterocycles. The third kappa shape index (κ3) is 6.79. The Morgan fingerprint density at radius 2 is 1.76 bits per heavy atom. The van der Waals surface area contributed by atoms with Gasteiger partial charge in [-0.1, -0.05) is 18.2 Å². The number of nitrogens with one attached hydrogen (secondary N) is 1. The van der Waals surface area contributed by atoms with E-state index in [9.17, 15) is 32.9 Å². The van der Waals surface area contributed by atoms with E-state index in [1.165, 1.54) is 37.4 Å². The Morgan fingerprint density at radius 3 is 2.34 bits per heavy atom. The average molecular weight is 411 g/mol. The molecular formula is C18H16F3N3O5. The lowest BCUT2D eigenvalue weighted by Gasteiger charge is -2.17. The molecule has 2 rings (SSSR count). The maximum absolute atomic E-state index is 12.3. The number of hydrogen-bond acceptors (Lipinski definition) is 5. The van der Waals surface area contributed by atoms with Crippen molar-refractivity contribution in [1.29, 1.82) is 0 Å². The highest BCUT2D eigenvalue weighted by atomic mass is 19.4. The van der Waals surface area contributed by atoms with Crippen molar-refractivity contribution < 1.29 is 32.4 Å². The first-order valence-electron chi connectivity index (χ1n) is 8.17. The molecule has 0 saturated heterocycles. The van der Waals surface area contributed by atoms with Gasteiger partial charge in [-0.15, -0.1) is 13.2 Å². The molecule has 154 valence electrons. The SMILES string of the molecule is CN(CC(=O)Nc1ccc(OC(F)(F)F)cc1)C(=O)Cc1ccccc1[N+](=O)[O-]. The number of alkyl halides is 3. The molecular weight excluding hydrogens is 395 g/mol. The molecule has 2 aromatic carbocycles. The molecule has 11 heteroatoms. The molecule has 0 fully saturated rings. The molecule has 0 unspecified atom stereocenters. The quantitative estimate of drug-likeness (QED) is 0.557. The number of para-hydroxylation sites is 1. The summed E-state index contributed by atoms with van der Waals surface area (Å²) in [5.41, 5.74) is 0.235. The van der Waals surface area contributed by atoms with Crippen molar-refractivity contribution in [3.63, 3.8) is 0 Å². The number of likely N-dealkylation sites (N-methyl/N-ethyl adjacent to an activating group) is 1. The summed E-state index contributed by atoms with van der Waals surface area (Å²) in [6.45, 7) is -0.347. The zero-order valence-electron chi connectivity index (χ0n) is 15.1. The van der Waals surface area contributed by atoms with E-state index < -0.39 is 28.8 Å². The summed E-state index contributed by atoms with van der Waals surface area (Å²) in [6.07, 6.45) is -5.08. The number of carbonyl (C=O) groups excluding carboxylic acids is 2. The van der Waals surface area contributed by atoms with Crippen molar-refractivity contribution in [2.24, 2.45) is 0 Å². The molecule has 0 aliphatic heterocycles. The van der Waals surface area contributed by atoms with Crippen LogP contribution in [0, 0.1) is 10.1 Å². The number of ether oxygens (including phenoxy) is 1. The van der Waals surface area contributed by atoms with Crippen LogP contribution in [-0.2, 0) is 16.0 Å². The Hall–Kier alpha value is -3.63. The lowest BCUT2D eigenvalue weighted by Crippen LogP contribution is -2.35. The van der Waals surface area contributed by atoms with Crippen LogP contribution in [0.25, 0.3) is 0 Å². The number of anilines is 1. The molecule has 0 aliphatic rings. The lowest BCUT2D eigenvalue weighted by molar-refractivity contribution is -0.385. The summed E-state index contributed by atoms with van der Waals surface area (Å²) in [4.78, 5) is 35.8. The predicted octanol–water partition coefficient (Wildman–Crippen LogP) is 3.13. The van der Waals surface area contributed by atoms with Crippen LogP contribution >= 0.6 is 0 Å². The minimum Gasteiger partial charge on any atom is -0.406 e. The van der Waals surface area contributed by atoms with Gasteiger partial charge >= 0.3 is 6.36 Å². The number of benzene rings is 2. The highest BCUT2D eigenvalue weighted by Crippen LogP contribution is 2.24. The predicted molar refractivity (Wildman–Crippen MR) is 96.2 cm³/mol. The average Bonchev–Trinajstić information content (AvgIpc) is 2.62. The number of halogens is 3. The number of nitrogens with zero attached hydrogens (tertiary/aromatic N) is 2. The summed E-state index contributed by atoms with van der Waals surface area (Å²) in [7, 11) is 1.36. The summed E-state index contributed by atoms with van der Waals surface area (Å²) in [5.74, 6) is -1.54. The molecule has 0 radical (unpaired) electrons. The van der Waals surface area contributed by atoms with Crippen LogP contribution in [0.15, 0.2) is 48.5 Å². The fraction of sp³-hybridized carbons (Fsp3) is 0.222. The third-order valence-electron chi connectivity index (χ3n) is 3.71. The monoisotopic (exact) mass is 411 g/mol. The second-order valence-electron chi connectivity index (χ2n) is 5.93. The molecule has 8 nitrogen and oxygen atoms in total. The molecule has 29 heavy (non-hydrogen) atoms. The van der Waals surface area contributed by atoms with Crippen LogP contribution in [0.1, 0.15) is 5.56 Å². The van der Waals surface area contributed by atoms with Gasteiger partial charge in [-0.05, 0) is 24.3 Å². The van der Waals surface area contributed by atoms with Gasteiger partial charge < -0.3 is 15.0 Å². The van der Waals surface area contributed by atoms with Crippen molar-refractivity contribution in [2.75, 3.05) is 18.9 Å². The molecule has 2 amide bonds. The van der Waals surface area contributed by atoms with E-state index >= 15 is 0 Å². The Morgan fingerprint density at radius 1 is 1.14 bits per heavy atom. The molecule has 1 N–H and O–H groups in total. The second kappa shape index (κ2) is 9.04. The van der Waals surface area contributed by atoms with Crippen LogP contribution in [0.4, 0.5) is 24.5 Å². The maximum Gasteiger partial charge on any atom is 0.573 e. The van der Waals surface area contributed by atoms with Crippen molar-refractivity contribution in [3.05, 3.63) is 64.2 Å². The fourth-order valence-electron chi connectivity index (χ4n) is 2.38. The topological polar surface area (TPSA) is 102 Å². The molecule has 0 spiro atoms. The fourth-order valence-corrected chi connectivity index (χ4v) is 2.38. The Kier molecular flexibility index (Phi) is 6.75. The number of amides is 2. The van der Waals surface area contributed by atoms with Gasteiger partial charge in [0, 0.05) is 24.4 Å². The highest BCUT2D eigenvalue weighted by molar-refractivity contribution is 5.94. The number of nitro groups is 1. The summed E-state index contributed by atoms with van der Waals surface area (Å²) < 4.78 is 40.1. The van der Waals surface area contributed by atoms with E-state index in [4.69, 9.17) is 0 Å². The van der Waals surface area contributed by atoms with Crippen LogP contribution in [0.2, 0.25) is 0 Å². The number of nitro benzene ring substituents is 1. The van der Waals surface area contributed by atoms with Gasteiger partial charge in [0.15, 0.2) is 0 Å². The van der Waals surface area contributed by atoms with E-state index in [0.29, 0.717) is 0 Å². The Balaban J connectivity index is 1.92. The van der Waals surface area contributed by atoms with Crippen molar-refractivity contribution in [1.82, 2.24) is 4.90 Å². The van der Waals surface area contributed by atoms with E-state index in [2.05, 4.69) is 10.1 Å². The maximum atomic E-state index is 12.3. The molecule has 0 heterocycles. The van der Waals surface area contributed by atoms with Gasteiger partial charge in [-0.25, -0.2) is 0 Å². The molecule has 0 aliphatic carbocycles.